The van der Waals surface area contributed by atoms with Crippen molar-refractivity contribution in [3.63, 3.8) is 0 Å². The van der Waals surface area contributed by atoms with Crippen LogP contribution in [-0.4, -0.2) is 61.3 Å². The average Bonchev–Trinajstić information content (AvgIpc) is 2.93. The minimum absolute atomic E-state index is 0.456. The number of likely N-dealkylation sites (tertiary alicyclic amines) is 1. The summed E-state index contributed by atoms with van der Waals surface area (Å²) in [6.45, 7) is 8.66. The van der Waals surface area contributed by atoms with Crippen molar-refractivity contribution in [1.29, 1.82) is 0 Å². The third kappa shape index (κ3) is 8.34. The van der Waals surface area contributed by atoms with Gasteiger partial charge in [-0.1, -0.05) is 0 Å². The Bertz CT molecular complexity index is 602. The fraction of sp³-hybridized carbons (Fsp3) is 0.789. The van der Waals surface area contributed by atoms with Crippen LogP contribution in [0.2, 0.25) is 0 Å². The predicted octanol–water partition coefficient (Wildman–Crippen LogP) is 3.52. The summed E-state index contributed by atoms with van der Waals surface area (Å²) < 4.78 is 37.4. The molecule has 0 saturated carbocycles. The monoisotopic (exact) mass is 419 g/mol. The van der Waals surface area contributed by atoms with E-state index in [1.807, 2.05) is 13.8 Å². The van der Waals surface area contributed by atoms with E-state index in [-0.39, 0.29) is 0 Å². The van der Waals surface area contributed by atoms with Gasteiger partial charge < -0.3 is 10.6 Å². The van der Waals surface area contributed by atoms with Crippen molar-refractivity contribution in [3.8, 4) is 0 Å². The second kappa shape index (κ2) is 11.0. The molecule has 0 atom stereocenters. The van der Waals surface area contributed by atoms with Gasteiger partial charge in [-0.3, -0.25) is 9.89 Å². The van der Waals surface area contributed by atoms with Gasteiger partial charge in [-0.25, -0.2) is 4.98 Å². The van der Waals surface area contributed by atoms with Gasteiger partial charge in [0.05, 0.1) is 17.2 Å². The summed E-state index contributed by atoms with van der Waals surface area (Å²) in [5.74, 6) is 1.25. The van der Waals surface area contributed by atoms with E-state index in [1.165, 1.54) is 9.78 Å². The van der Waals surface area contributed by atoms with Gasteiger partial charge in [0.15, 0.2) is 5.96 Å². The van der Waals surface area contributed by atoms with E-state index >= 15 is 0 Å². The van der Waals surface area contributed by atoms with Gasteiger partial charge in [-0.05, 0) is 59.0 Å². The number of halogens is 3. The van der Waals surface area contributed by atoms with E-state index in [0.717, 1.165) is 55.4 Å². The molecular formula is C19H32F3N5S. The summed E-state index contributed by atoms with van der Waals surface area (Å²) >= 11 is 1.73. The molecule has 1 aliphatic rings. The zero-order valence-electron chi connectivity index (χ0n) is 17.0. The molecule has 5 nitrogen and oxygen atoms in total. The Balaban J connectivity index is 1.69. The molecule has 1 aliphatic heterocycles. The lowest BCUT2D eigenvalue weighted by molar-refractivity contribution is -0.148. The number of nitrogens with one attached hydrogen (secondary N) is 2. The minimum Gasteiger partial charge on any atom is -0.357 e. The highest BCUT2D eigenvalue weighted by atomic mass is 32.1. The van der Waals surface area contributed by atoms with Crippen LogP contribution in [0.4, 0.5) is 13.2 Å². The van der Waals surface area contributed by atoms with Crippen LogP contribution in [0.3, 0.4) is 0 Å². The molecule has 28 heavy (non-hydrogen) atoms. The van der Waals surface area contributed by atoms with Crippen LogP contribution >= 0.6 is 11.3 Å². The molecule has 160 valence electrons. The number of piperidine rings is 1. The largest absolute Gasteiger partial charge is 0.401 e. The van der Waals surface area contributed by atoms with Crippen molar-refractivity contribution < 1.29 is 13.2 Å². The molecule has 1 saturated heterocycles. The van der Waals surface area contributed by atoms with Crippen LogP contribution in [0.15, 0.2) is 4.99 Å². The Hall–Kier alpha value is -1.35. The Morgan fingerprint density at radius 2 is 1.96 bits per heavy atom. The van der Waals surface area contributed by atoms with Gasteiger partial charge in [0.1, 0.15) is 0 Å². The number of aromatic nitrogens is 1. The topological polar surface area (TPSA) is 52.6 Å². The molecule has 0 unspecified atom stereocenters. The van der Waals surface area contributed by atoms with Crippen molar-refractivity contribution in [3.05, 3.63) is 15.6 Å². The normalized spacial score (nSPS) is 17.1. The third-order valence-electron chi connectivity index (χ3n) is 4.97. The number of aliphatic imine (C=N–C) groups is 1. The van der Waals surface area contributed by atoms with Crippen molar-refractivity contribution in [2.45, 2.75) is 52.6 Å². The van der Waals surface area contributed by atoms with E-state index in [1.54, 1.807) is 11.3 Å². The number of aryl methyl sites for hydroxylation is 2. The van der Waals surface area contributed by atoms with Crippen molar-refractivity contribution in [2.24, 2.45) is 10.9 Å². The van der Waals surface area contributed by atoms with Crippen LogP contribution in [0, 0.1) is 19.8 Å². The first kappa shape index (κ1) is 22.9. The average molecular weight is 420 g/mol. The third-order valence-corrected chi connectivity index (χ3v) is 6.10. The molecule has 1 aromatic rings. The smallest absolute Gasteiger partial charge is 0.357 e. The Labute approximate surface area is 169 Å². The molecule has 9 heteroatoms. The van der Waals surface area contributed by atoms with E-state index in [0.29, 0.717) is 25.6 Å². The number of alkyl halides is 3. The lowest BCUT2D eigenvalue weighted by atomic mass is 9.93. The quantitative estimate of drug-likeness (QED) is 0.500. The molecule has 0 amide bonds. The van der Waals surface area contributed by atoms with Crippen LogP contribution in [0.1, 0.15) is 41.8 Å². The second-order valence-corrected chi connectivity index (χ2v) is 8.60. The summed E-state index contributed by atoms with van der Waals surface area (Å²) in [7, 11) is 0. The van der Waals surface area contributed by atoms with Crippen molar-refractivity contribution >= 4 is 17.3 Å². The zero-order chi connectivity index (χ0) is 20.6. The first-order valence-electron chi connectivity index (χ1n) is 10.0. The van der Waals surface area contributed by atoms with Crippen molar-refractivity contribution in [2.75, 3.05) is 39.3 Å². The summed E-state index contributed by atoms with van der Waals surface area (Å²) in [5.41, 5.74) is 1.10. The standard InChI is InChI=1S/C19H32F3N5S/c1-4-23-18(25-10-6-17-26-14(2)15(3)28-17)24-9-5-16-7-11-27(12-8-16)13-19(20,21)22/h16H,4-13H2,1-3H3,(H2,23,24,25). The summed E-state index contributed by atoms with van der Waals surface area (Å²) in [5, 5.41) is 7.71. The van der Waals surface area contributed by atoms with Gasteiger partial charge >= 0.3 is 6.18 Å². The van der Waals surface area contributed by atoms with Gasteiger partial charge in [0.25, 0.3) is 0 Å². The highest BCUT2D eigenvalue weighted by Gasteiger charge is 2.32. The highest BCUT2D eigenvalue weighted by Crippen LogP contribution is 2.24. The number of thiazole rings is 1. The molecule has 0 aromatic carbocycles. The second-order valence-electron chi connectivity index (χ2n) is 7.31. The highest BCUT2D eigenvalue weighted by molar-refractivity contribution is 7.11. The van der Waals surface area contributed by atoms with E-state index < -0.39 is 12.7 Å². The van der Waals surface area contributed by atoms with Crippen molar-refractivity contribution in [1.82, 2.24) is 20.5 Å². The molecule has 2 heterocycles. The molecular weight excluding hydrogens is 387 g/mol. The maximum atomic E-state index is 12.5. The molecule has 0 aliphatic carbocycles. The van der Waals surface area contributed by atoms with E-state index in [4.69, 9.17) is 0 Å². The van der Waals surface area contributed by atoms with Gasteiger partial charge in [-0.2, -0.15) is 13.2 Å². The van der Waals surface area contributed by atoms with Crippen LogP contribution < -0.4 is 10.6 Å². The maximum Gasteiger partial charge on any atom is 0.401 e. The summed E-state index contributed by atoms with van der Waals surface area (Å²) in [6, 6.07) is 0. The SMILES string of the molecule is CCNC(=NCCC1CCN(CC(F)(F)F)CC1)NCCc1nc(C)c(C)s1. The first-order valence-corrected chi connectivity index (χ1v) is 10.8. The first-order chi connectivity index (χ1) is 13.3. The molecule has 0 radical (unpaired) electrons. The number of guanidine groups is 1. The Kier molecular flexibility index (Phi) is 9.01. The number of nitrogens with zero attached hydrogens (tertiary/aromatic N) is 3. The molecule has 0 bridgehead atoms. The van der Waals surface area contributed by atoms with Gasteiger partial charge in [0, 0.05) is 30.9 Å². The van der Waals surface area contributed by atoms with Crippen LogP contribution in [-0.2, 0) is 6.42 Å². The molecule has 1 aromatic heterocycles. The minimum atomic E-state index is -4.10. The Morgan fingerprint density at radius 1 is 1.25 bits per heavy atom. The number of rotatable bonds is 8. The van der Waals surface area contributed by atoms with E-state index in [9.17, 15) is 13.2 Å². The summed E-state index contributed by atoms with van der Waals surface area (Å²) in [4.78, 5) is 11.9. The lowest BCUT2D eigenvalue weighted by Crippen LogP contribution is -2.40. The number of hydrogen-bond donors (Lipinski definition) is 2. The van der Waals surface area contributed by atoms with Gasteiger partial charge in [0.2, 0.25) is 0 Å². The van der Waals surface area contributed by atoms with E-state index in [2.05, 4.69) is 27.5 Å². The molecule has 2 N–H and O–H groups in total. The summed E-state index contributed by atoms with van der Waals surface area (Å²) in [6.07, 6.45) is -0.682. The lowest BCUT2D eigenvalue weighted by Gasteiger charge is -2.32. The fourth-order valence-corrected chi connectivity index (χ4v) is 4.25. The Morgan fingerprint density at radius 3 is 2.54 bits per heavy atom. The van der Waals surface area contributed by atoms with Gasteiger partial charge in [-0.15, -0.1) is 11.3 Å². The molecule has 0 spiro atoms. The fourth-order valence-electron chi connectivity index (χ4n) is 3.32. The maximum absolute atomic E-state index is 12.5. The van der Waals surface area contributed by atoms with Crippen LogP contribution in [0.25, 0.3) is 0 Å². The predicted molar refractivity (Wildman–Crippen MR) is 109 cm³/mol. The number of hydrogen-bond acceptors (Lipinski definition) is 4. The van der Waals surface area contributed by atoms with Crippen LogP contribution in [0.5, 0.6) is 0 Å². The molecule has 2 rings (SSSR count). The zero-order valence-corrected chi connectivity index (χ0v) is 17.8. The molecule has 1 fully saturated rings.